The number of nitrogens with zero attached hydrogens (tertiary/aromatic N) is 3. The van der Waals surface area contributed by atoms with Gasteiger partial charge in [0, 0.05) is 12.1 Å². The molecular formula is C18H11F6N5O2. The molecule has 3 aromatic rings. The first-order valence-corrected chi connectivity index (χ1v) is 8.23. The summed E-state index contributed by atoms with van der Waals surface area (Å²) >= 11 is 0. The van der Waals surface area contributed by atoms with E-state index in [1.54, 1.807) is 0 Å². The second-order valence-electron chi connectivity index (χ2n) is 5.96. The van der Waals surface area contributed by atoms with Gasteiger partial charge in [-0.25, -0.2) is 22.8 Å². The normalized spacial score (nSPS) is 11.3. The standard InChI is InChI=1S/C18H11F6N5O2/c1-31-16(25)13-6-14(18(22,23)24)29(28-13)8-2-3-15(26-7-8)27-17(30)9-4-11(20)12(21)5-10(9)19/h2-7,25H,1H3,(H,26,27,30). The lowest BCUT2D eigenvalue weighted by Gasteiger charge is -2.11. The highest BCUT2D eigenvalue weighted by molar-refractivity contribution is 6.04. The lowest BCUT2D eigenvalue weighted by atomic mass is 10.2. The van der Waals surface area contributed by atoms with E-state index in [2.05, 4.69) is 20.1 Å². The molecule has 162 valence electrons. The molecule has 1 amide bonds. The van der Waals surface area contributed by atoms with Crippen molar-refractivity contribution in [2.75, 3.05) is 12.4 Å². The topological polar surface area (TPSA) is 92.9 Å². The Morgan fingerprint density at radius 3 is 2.35 bits per heavy atom. The quantitative estimate of drug-likeness (QED) is 0.277. The zero-order chi connectivity index (χ0) is 22.9. The van der Waals surface area contributed by atoms with E-state index in [0.29, 0.717) is 16.8 Å². The number of anilines is 1. The molecule has 0 unspecified atom stereocenters. The van der Waals surface area contributed by atoms with Crippen LogP contribution in [0.5, 0.6) is 0 Å². The van der Waals surface area contributed by atoms with Crippen LogP contribution in [0.3, 0.4) is 0 Å². The number of carbonyl (C=O) groups is 1. The summed E-state index contributed by atoms with van der Waals surface area (Å²) in [5.74, 6) is -6.17. The number of alkyl halides is 3. The average molecular weight is 443 g/mol. The van der Waals surface area contributed by atoms with Crippen LogP contribution in [-0.2, 0) is 10.9 Å². The highest BCUT2D eigenvalue weighted by Crippen LogP contribution is 2.31. The fourth-order valence-electron chi connectivity index (χ4n) is 2.46. The zero-order valence-corrected chi connectivity index (χ0v) is 15.4. The van der Waals surface area contributed by atoms with Crippen molar-refractivity contribution in [3.63, 3.8) is 0 Å². The van der Waals surface area contributed by atoms with Crippen LogP contribution < -0.4 is 5.32 Å². The lowest BCUT2D eigenvalue weighted by Crippen LogP contribution is -2.16. The molecule has 0 saturated heterocycles. The molecule has 2 aromatic heterocycles. The summed E-state index contributed by atoms with van der Waals surface area (Å²) in [5, 5.41) is 13.3. The minimum Gasteiger partial charge on any atom is -0.480 e. The fourth-order valence-corrected chi connectivity index (χ4v) is 2.46. The monoisotopic (exact) mass is 443 g/mol. The predicted octanol–water partition coefficient (Wildman–Crippen LogP) is 3.93. The molecule has 0 spiro atoms. The van der Waals surface area contributed by atoms with Crippen molar-refractivity contribution in [1.29, 1.82) is 5.41 Å². The van der Waals surface area contributed by atoms with Gasteiger partial charge in [0.25, 0.3) is 5.91 Å². The number of carbonyl (C=O) groups excluding carboxylic acids is 1. The first-order valence-electron chi connectivity index (χ1n) is 8.23. The van der Waals surface area contributed by atoms with Gasteiger partial charge in [0.15, 0.2) is 11.6 Å². The molecule has 2 N–H and O–H groups in total. The van der Waals surface area contributed by atoms with Crippen molar-refractivity contribution in [2.45, 2.75) is 6.18 Å². The van der Waals surface area contributed by atoms with Crippen LogP contribution in [0.4, 0.5) is 32.2 Å². The molecular weight excluding hydrogens is 432 g/mol. The summed E-state index contributed by atoms with van der Waals surface area (Å²) in [6.07, 6.45) is -3.88. The largest absolute Gasteiger partial charge is 0.480 e. The molecule has 0 saturated carbocycles. The number of aromatic nitrogens is 3. The second kappa shape index (κ2) is 8.08. The Morgan fingerprint density at radius 2 is 1.77 bits per heavy atom. The Morgan fingerprint density at radius 1 is 1.10 bits per heavy atom. The van der Waals surface area contributed by atoms with Crippen molar-refractivity contribution in [3.05, 3.63) is 70.9 Å². The van der Waals surface area contributed by atoms with Gasteiger partial charge in [-0.2, -0.15) is 18.3 Å². The van der Waals surface area contributed by atoms with Crippen molar-refractivity contribution in [1.82, 2.24) is 14.8 Å². The molecule has 7 nitrogen and oxygen atoms in total. The van der Waals surface area contributed by atoms with Crippen LogP contribution in [0.15, 0.2) is 36.5 Å². The SMILES string of the molecule is COC(=N)c1cc(C(F)(F)F)n(-c2ccc(NC(=O)c3cc(F)c(F)cc3F)nc2)n1. The van der Waals surface area contributed by atoms with Crippen LogP contribution in [0.25, 0.3) is 5.69 Å². The van der Waals surface area contributed by atoms with Crippen molar-refractivity contribution in [3.8, 4) is 5.69 Å². The van der Waals surface area contributed by atoms with E-state index in [1.807, 2.05) is 0 Å². The van der Waals surface area contributed by atoms with Crippen LogP contribution in [0.2, 0.25) is 0 Å². The number of hydrogen-bond acceptors (Lipinski definition) is 5. The van der Waals surface area contributed by atoms with Gasteiger partial charge in [0.2, 0.25) is 5.90 Å². The maximum absolute atomic E-state index is 13.7. The van der Waals surface area contributed by atoms with E-state index in [9.17, 15) is 31.1 Å². The predicted molar refractivity (Wildman–Crippen MR) is 94.5 cm³/mol. The Labute approximate surface area is 169 Å². The molecule has 0 radical (unpaired) electrons. The minimum absolute atomic E-state index is 0.167. The summed E-state index contributed by atoms with van der Waals surface area (Å²) in [7, 11) is 1.10. The number of benzene rings is 1. The van der Waals surface area contributed by atoms with Gasteiger partial charge in [-0.05, 0) is 18.2 Å². The van der Waals surface area contributed by atoms with E-state index in [4.69, 9.17) is 5.41 Å². The third-order valence-corrected chi connectivity index (χ3v) is 3.93. The Bertz CT molecular complexity index is 1160. The molecule has 0 aliphatic carbocycles. The molecule has 0 atom stereocenters. The van der Waals surface area contributed by atoms with Gasteiger partial charge in [-0.1, -0.05) is 0 Å². The third-order valence-electron chi connectivity index (χ3n) is 3.93. The van der Waals surface area contributed by atoms with Crippen LogP contribution in [0, 0.1) is 22.9 Å². The van der Waals surface area contributed by atoms with Crippen molar-refractivity contribution < 1.29 is 35.9 Å². The Balaban J connectivity index is 1.89. The van der Waals surface area contributed by atoms with Gasteiger partial charge in [0.05, 0.1) is 24.6 Å². The lowest BCUT2D eigenvalue weighted by molar-refractivity contribution is -0.142. The zero-order valence-electron chi connectivity index (χ0n) is 15.4. The number of rotatable bonds is 4. The number of nitrogens with one attached hydrogen (secondary N) is 2. The van der Waals surface area contributed by atoms with E-state index in [0.717, 1.165) is 25.4 Å². The summed E-state index contributed by atoms with van der Waals surface area (Å²) in [5.41, 5.74) is -2.54. The van der Waals surface area contributed by atoms with E-state index >= 15 is 0 Å². The maximum Gasteiger partial charge on any atom is 0.433 e. The molecule has 0 bridgehead atoms. The van der Waals surface area contributed by atoms with Gasteiger partial charge in [-0.15, -0.1) is 0 Å². The highest BCUT2D eigenvalue weighted by atomic mass is 19.4. The highest BCUT2D eigenvalue weighted by Gasteiger charge is 2.37. The molecule has 1 aromatic carbocycles. The number of ether oxygens (including phenoxy) is 1. The average Bonchev–Trinajstić information content (AvgIpc) is 3.16. The van der Waals surface area contributed by atoms with E-state index in [-0.39, 0.29) is 23.3 Å². The second-order valence-corrected chi connectivity index (χ2v) is 5.96. The first kappa shape index (κ1) is 21.8. The fraction of sp³-hybridized carbons (Fsp3) is 0.111. The van der Waals surface area contributed by atoms with Gasteiger partial charge < -0.3 is 10.1 Å². The molecule has 2 heterocycles. The third kappa shape index (κ3) is 4.49. The van der Waals surface area contributed by atoms with Crippen molar-refractivity contribution >= 4 is 17.6 Å². The van der Waals surface area contributed by atoms with Gasteiger partial charge in [0.1, 0.15) is 23.0 Å². The molecule has 0 fully saturated rings. The number of amides is 1. The molecule has 0 aliphatic rings. The summed E-state index contributed by atoms with van der Waals surface area (Å²) in [4.78, 5) is 15.8. The first-order chi connectivity index (χ1) is 14.5. The molecule has 31 heavy (non-hydrogen) atoms. The molecule has 13 heteroatoms. The van der Waals surface area contributed by atoms with E-state index < -0.39 is 46.7 Å². The van der Waals surface area contributed by atoms with Gasteiger partial charge in [-0.3, -0.25) is 10.2 Å². The molecule has 3 rings (SSSR count). The number of halogens is 6. The Hall–Kier alpha value is -3.90. The van der Waals surface area contributed by atoms with Crippen LogP contribution in [-0.4, -0.2) is 33.7 Å². The molecule has 0 aliphatic heterocycles. The Kier molecular flexibility index (Phi) is 5.69. The van der Waals surface area contributed by atoms with Crippen molar-refractivity contribution in [2.24, 2.45) is 0 Å². The number of pyridine rings is 1. The summed E-state index contributed by atoms with van der Waals surface area (Å²) in [6.45, 7) is 0. The van der Waals surface area contributed by atoms with Gasteiger partial charge >= 0.3 is 6.18 Å². The van der Waals surface area contributed by atoms with Crippen LogP contribution >= 0.6 is 0 Å². The van der Waals surface area contributed by atoms with Crippen LogP contribution in [0.1, 0.15) is 21.7 Å². The summed E-state index contributed by atoms with van der Waals surface area (Å²) < 4.78 is 84.9. The minimum atomic E-state index is -4.81. The maximum atomic E-state index is 13.7. The smallest absolute Gasteiger partial charge is 0.433 e. The summed E-state index contributed by atoms with van der Waals surface area (Å²) in [6, 6.07) is 3.39. The van der Waals surface area contributed by atoms with E-state index in [1.165, 1.54) is 0 Å². The number of hydrogen-bond donors (Lipinski definition) is 2. The number of methoxy groups -OCH3 is 1.